The Bertz CT molecular complexity index is 1250. The summed E-state index contributed by atoms with van der Waals surface area (Å²) in [5.41, 5.74) is 0. The van der Waals surface area contributed by atoms with E-state index >= 15 is 0 Å². The third-order valence-electron chi connectivity index (χ3n) is 12.0. The van der Waals surface area contributed by atoms with E-state index in [1.807, 2.05) is 12.2 Å². The van der Waals surface area contributed by atoms with Crippen LogP contribution in [0.25, 0.3) is 0 Å². The molecule has 0 saturated heterocycles. The molecule has 0 saturated carbocycles. The topological polar surface area (TPSA) is 95.9 Å². The van der Waals surface area contributed by atoms with Crippen LogP contribution in [0.3, 0.4) is 0 Å². The van der Waals surface area contributed by atoms with E-state index in [0.29, 0.717) is 19.3 Å². The molecule has 6 nitrogen and oxygen atoms in total. The van der Waals surface area contributed by atoms with Crippen molar-refractivity contribution >= 4 is 11.9 Å². The largest absolute Gasteiger partial charge is 0.461 e. The predicted molar refractivity (Wildman–Crippen MR) is 282 cm³/mol. The van der Waals surface area contributed by atoms with Gasteiger partial charge in [0.25, 0.3) is 0 Å². The molecule has 3 N–H and O–H groups in total. The highest BCUT2D eigenvalue weighted by Gasteiger charge is 2.23. The average Bonchev–Trinajstić information content (AvgIpc) is 3.30. The van der Waals surface area contributed by atoms with Crippen molar-refractivity contribution in [3.8, 4) is 0 Å². The van der Waals surface area contributed by atoms with Gasteiger partial charge in [-0.05, 0) is 70.6 Å². The second-order valence-corrected chi connectivity index (χ2v) is 18.3. The maximum atomic E-state index is 13.2. The molecule has 0 aliphatic heterocycles. The molecule has 0 aromatic carbocycles. The van der Waals surface area contributed by atoms with Crippen molar-refractivity contribution in [3.63, 3.8) is 0 Å². The van der Waals surface area contributed by atoms with E-state index < -0.39 is 18.2 Å². The lowest BCUT2D eigenvalue weighted by molar-refractivity contribution is -0.150. The van der Waals surface area contributed by atoms with E-state index in [2.05, 4.69) is 99.0 Å². The van der Waals surface area contributed by atoms with Gasteiger partial charge in [-0.2, -0.15) is 0 Å². The lowest BCUT2D eigenvalue weighted by Crippen LogP contribution is -2.46. The average molecular weight is 906 g/mol. The van der Waals surface area contributed by atoms with Gasteiger partial charge < -0.3 is 20.3 Å². The summed E-state index contributed by atoms with van der Waals surface area (Å²) in [5.74, 6) is -0.594. The number of aliphatic hydroxyl groups excluding tert-OH is 2. The Morgan fingerprint density at radius 3 is 1.37 bits per heavy atom. The SMILES string of the molecule is CC/C=C\C/C=C\C/C=C\C/C=C\C/C=C\CC(CC(=O)NC(CO)C(O)CCCCCCCCCCCCCCCCCC)OC(=O)CCCCCCCC/C=C/C=C/CCCCC. The van der Waals surface area contributed by atoms with Gasteiger partial charge >= 0.3 is 5.97 Å². The molecule has 0 fully saturated rings. The molecule has 0 aliphatic rings. The smallest absolute Gasteiger partial charge is 0.306 e. The number of amides is 1. The highest BCUT2D eigenvalue weighted by Crippen LogP contribution is 2.17. The Balaban J connectivity index is 4.70. The summed E-state index contributed by atoms with van der Waals surface area (Å²) in [7, 11) is 0. The molecule has 0 spiro atoms. The zero-order valence-electron chi connectivity index (χ0n) is 42.6. The van der Waals surface area contributed by atoms with Crippen LogP contribution in [0.5, 0.6) is 0 Å². The van der Waals surface area contributed by atoms with Crippen LogP contribution in [0.1, 0.15) is 252 Å². The molecule has 0 heterocycles. The Kier molecular flexibility index (Phi) is 49.6. The molecule has 1 amide bonds. The second kappa shape index (κ2) is 52.0. The molecule has 6 heteroatoms. The molecule has 0 aromatic rings. The van der Waals surface area contributed by atoms with Crippen LogP contribution in [0.15, 0.2) is 85.1 Å². The number of allylic oxidation sites excluding steroid dienone is 13. The van der Waals surface area contributed by atoms with Gasteiger partial charge in [0.05, 0.1) is 25.2 Å². The number of carbonyl (C=O) groups excluding carboxylic acids is 2. The number of nitrogens with one attached hydrogen (secondary N) is 1. The van der Waals surface area contributed by atoms with E-state index in [4.69, 9.17) is 4.74 Å². The lowest BCUT2D eigenvalue weighted by Gasteiger charge is -2.24. The third-order valence-corrected chi connectivity index (χ3v) is 12.0. The lowest BCUT2D eigenvalue weighted by atomic mass is 10.0. The molecule has 0 rings (SSSR count). The van der Waals surface area contributed by atoms with E-state index in [1.54, 1.807) is 0 Å². The van der Waals surface area contributed by atoms with Crippen molar-refractivity contribution in [2.45, 2.75) is 270 Å². The standard InChI is InChI=1S/C59H103NO5/c1-4-7-10-13-16-19-22-25-28-31-33-36-39-42-45-48-51-57(62)56(54-61)60-58(63)53-55(50-47-44-41-38-35-32-29-26-23-20-17-14-11-8-5-2)65-59(64)52-49-46-43-40-37-34-30-27-24-21-18-15-12-9-6-3/h8,11,17-18,20-21,24,26-27,29,35,38,44,47,55-57,61-62H,4-7,9-10,12-16,19,22-23,25,28,30-34,36-37,39-43,45-46,48-54H2,1-3H3,(H,60,63)/b11-8-,20-17-,21-18+,27-24+,29-26-,38-35-,47-44-. The van der Waals surface area contributed by atoms with Gasteiger partial charge in [-0.25, -0.2) is 0 Å². The van der Waals surface area contributed by atoms with Crippen molar-refractivity contribution in [3.05, 3.63) is 85.1 Å². The highest BCUT2D eigenvalue weighted by atomic mass is 16.5. The Morgan fingerprint density at radius 2 is 0.892 bits per heavy atom. The van der Waals surface area contributed by atoms with Crippen LogP contribution in [-0.4, -0.2) is 46.9 Å². The van der Waals surface area contributed by atoms with Gasteiger partial charge in [0.2, 0.25) is 5.91 Å². The molecule has 0 aromatic heterocycles. The van der Waals surface area contributed by atoms with E-state index in [0.717, 1.165) is 77.0 Å². The Labute approximate surface area is 402 Å². The fourth-order valence-electron chi connectivity index (χ4n) is 7.86. The van der Waals surface area contributed by atoms with Crippen LogP contribution in [0, 0.1) is 0 Å². The normalized spacial score (nSPS) is 13.9. The first kappa shape index (κ1) is 62.0. The van der Waals surface area contributed by atoms with Gasteiger partial charge in [-0.3, -0.25) is 9.59 Å². The number of hydrogen-bond donors (Lipinski definition) is 3. The van der Waals surface area contributed by atoms with Crippen LogP contribution >= 0.6 is 0 Å². The predicted octanol–water partition coefficient (Wildman–Crippen LogP) is 16.7. The van der Waals surface area contributed by atoms with Crippen molar-refractivity contribution < 1.29 is 24.5 Å². The summed E-state index contributed by atoms with van der Waals surface area (Å²) in [5, 5.41) is 23.8. The van der Waals surface area contributed by atoms with Crippen molar-refractivity contribution in [1.82, 2.24) is 5.32 Å². The van der Waals surface area contributed by atoms with Gasteiger partial charge in [-0.15, -0.1) is 0 Å². The van der Waals surface area contributed by atoms with Crippen LogP contribution < -0.4 is 5.32 Å². The molecule has 3 unspecified atom stereocenters. The molecule has 65 heavy (non-hydrogen) atoms. The summed E-state index contributed by atoms with van der Waals surface area (Å²) in [4.78, 5) is 26.2. The number of rotatable bonds is 48. The summed E-state index contributed by atoms with van der Waals surface area (Å²) >= 11 is 0. The number of carbonyl (C=O) groups is 2. The molecule has 0 radical (unpaired) electrons. The summed E-state index contributed by atoms with van der Waals surface area (Å²) in [6, 6.07) is -0.739. The number of ether oxygens (including phenoxy) is 1. The maximum absolute atomic E-state index is 13.2. The summed E-state index contributed by atoms with van der Waals surface area (Å²) in [6.45, 7) is 6.32. The first-order valence-corrected chi connectivity index (χ1v) is 27.3. The minimum absolute atomic E-state index is 0.00852. The molecule has 0 aliphatic carbocycles. The minimum Gasteiger partial charge on any atom is -0.461 e. The van der Waals surface area contributed by atoms with Gasteiger partial charge in [0.1, 0.15) is 6.10 Å². The fraction of sp³-hybridized carbons (Fsp3) is 0.729. The Morgan fingerprint density at radius 1 is 0.492 bits per heavy atom. The molecular formula is C59H103NO5. The number of esters is 1. The maximum Gasteiger partial charge on any atom is 0.306 e. The molecule has 374 valence electrons. The third kappa shape index (κ3) is 47.3. The summed E-state index contributed by atoms with van der Waals surface area (Å²) in [6.07, 6.45) is 68.0. The van der Waals surface area contributed by atoms with E-state index in [9.17, 15) is 19.8 Å². The van der Waals surface area contributed by atoms with Crippen LogP contribution in [0.2, 0.25) is 0 Å². The second-order valence-electron chi connectivity index (χ2n) is 18.3. The molecular weight excluding hydrogens is 803 g/mol. The number of unbranched alkanes of at least 4 members (excludes halogenated alkanes) is 24. The minimum atomic E-state index is -0.818. The monoisotopic (exact) mass is 906 g/mol. The van der Waals surface area contributed by atoms with Crippen molar-refractivity contribution in [2.24, 2.45) is 0 Å². The molecule has 0 bridgehead atoms. The van der Waals surface area contributed by atoms with Crippen LogP contribution in [-0.2, 0) is 14.3 Å². The number of hydrogen-bond acceptors (Lipinski definition) is 5. The van der Waals surface area contributed by atoms with Crippen molar-refractivity contribution in [2.75, 3.05) is 6.61 Å². The van der Waals surface area contributed by atoms with Crippen molar-refractivity contribution in [1.29, 1.82) is 0 Å². The first-order valence-electron chi connectivity index (χ1n) is 27.3. The quantitative estimate of drug-likeness (QED) is 0.0245. The summed E-state index contributed by atoms with van der Waals surface area (Å²) < 4.78 is 5.87. The van der Waals surface area contributed by atoms with Gasteiger partial charge in [0, 0.05) is 12.8 Å². The van der Waals surface area contributed by atoms with E-state index in [-0.39, 0.29) is 24.9 Å². The zero-order valence-corrected chi connectivity index (χ0v) is 42.6. The molecule has 3 atom stereocenters. The first-order chi connectivity index (χ1) is 32.0. The number of aliphatic hydroxyl groups is 2. The van der Waals surface area contributed by atoms with Gasteiger partial charge in [-0.1, -0.05) is 247 Å². The highest BCUT2D eigenvalue weighted by molar-refractivity contribution is 5.77. The Hall–Kier alpha value is -2.96. The fourth-order valence-corrected chi connectivity index (χ4v) is 7.86. The van der Waals surface area contributed by atoms with Crippen LogP contribution in [0.4, 0.5) is 0 Å². The van der Waals surface area contributed by atoms with Gasteiger partial charge in [0.15, 0.2) is 0 Å². The zero-order chi connectivity index (χ0) is 47.4. The van der Waals surface area contributed by atoms with E-state index in [1.165, 1.54) is 128 Å².